The Balaban J connectivity index is 1.58. The molecule has 2 aromatic carbocycles. The van der Waals surface area contributed by atoms with E-state index in [0.29, 0.717) is 38.0 Å². The van der Waals surface area contributed by atoms with E-state index in [-0.39, 0.29) is 29.4 Å². The molecule has 0 aliphatic carbocycles. The van der Waals surface area contributed by atoms with Crippen LogP contribution in [0.25, 0.3) is 0 Å². The van der Waals surface area contributed by atoms with Crippen LogP contribution in [0.2, 0.25) is 0 Å². The van der Waals surface area contributed by atoms with E-state index in [1.54, 1.807) is 12.1 Å². The average molecular weight is 475 g/mol. The van der Waals surface area contributed by atoms with Crippen molar-refractivity contribution in [3.63, 3.8) is 0 Å². The predicted octanol–water partition coefficient (Wildman–Crippen LogP) is 3.72. The fraction of sp³-hybridized carbons (Fsp3) is 0.480. The van der Waals surface area contributed by atoms with Crippen molar-refractivity contribution in [2.45, 2.75) is 44.6 Å². The fourth-order valence-electron chi connectivity index (χ4n) is 3.73. The maximum Gasteiger partial charge on any atom is 0.258 e. The molecule has 1 amide bonds. The molecular formula is C25H34N2O5S. The summed E-state index contributed by atoms with van der Waals surface area (Å²) in [6, 6.07) is 14.4. The number of hydrogen-bond acceptors (Lipinski definition) is 5. The molecule has 1 saturated heterocycles. The van der Waals surface area contributed by atoms with Gasteiger partial charge in [0, 0.05) is 13.1 Å². The van der Waals surface area contributed by atoms with Gasteiger partial charge in [0.05, 0.1) is 24.2 Å². The van der Waals surface area contributed by atoms with Crippen molar-refractivity contribution in [3.8, 4) is 5.75 Å². The molecule has 0 spiro atoms. The Morgan fingerprint density at radius 1 is 0.970 bits per heavy atom. The van der Waals surface area contributed by atoms with Crippen LogP contribution in [-0.4, -0.2) is 51.5 Å². The first-order chi connectivity index (χ1) is 15.7. The Kier molecular flexibility index (Phi) is 8.51. The topological polar surface area (TPSA) is 84.9 Å². The van der Waals surface area contributed by atoms with Gasteiger partial charge in [0.1, 0.15) is 5.75 Å². The van der Waals surface area contributed by atoms with Crippen LogP contribution in [0.4, 0.5) is 0 Å². The van der Waals surface area contributed by atoms with E-state index in [1.807, 2.05) is 0 Å². The molecule has 0 bridgehead atoms. The maximum absolute atomic E-state index is 12.7. The molecule has 0 saturated carbocycles. The molecule has 1 unspecified atom stereocenters. The Labute approximate surface area is 197 Å². The number of carbonyl (C=O) groups excluding carboxylic acids is 1. The highest BCUT2D eigenvalue weighted by molar-refractivity contribution is 7.89. The summed E-state index contributed by atoms with van der Waals surface area (Å²) in [6.07, 6.45) is 0. The minimum atomic E-state index is -3.56. The second-order valence-electron chi connectivity index (χ2n) is 8.89. The summed E-state index contributed by atoms with van der Waals surface area (Å²) in [5, 5.41) is 3.05. The second kappa shape index (κ2) is 11.1. The van der Waals surface area contributed by atoms with Crippen molar-refractivity contribution < 1.29 is 22.7 Å². The van der Waals surface area contributed by atoms with Crippen LogP contribution in [0, 0.1) is 5.92 Å². The van der Waals surface area contributed by atoms with Crippen molar-refractivity contribution in [3.05, 3.63) is 59.7 Å². The summed E-state index contributed by atoms with van der Waals surface area (Å²) < 4.78 is 37.7. The van der Waals surface area contributed by atoms with Crippen LogP contribution in [-0.2, 0) is 19.6 Å². The molecule has 1 heterocycles. The molecular weight excluding hydrogens is 440 g/mol. The summed E-state index contributed by atoms with van der Waals surface area (Å²) in [5.41, 5.74) is 2.32. The minimum Gasteiger partial charge on any atom is -0.484 e. The molecule has 2 aromatic rings. The third-order valence-electron chi connectivity index (χ3n) is 5.75. The molecule has 1 atom stereocenters. The molecule has 3 rings (SSSR count). The summed E-state index contributed by atoms with van der Waals surface area (Å²) in [4.78, 5) is 12.8. The van der Waals surface area contributed by atoms with Crippen molar-refractivity contribution in [2.24, 2.45) is 5.92 Å². The first-order valence-corrected chi connectivity index (χ1v) is 12.8. The van der Waals surface area contributed by atoms with E-state index >= 15 is 0 Å². The molecule has 1 fully saturated rings. The highest BCUT2D eigenvalue weighted by atomic mass is 32.2. The summed E-state index contributed by atoms with van der Waals surface area (Å²) in [5.74, 6) is 0.874. The highest BCUT2D eigenvalue weighted by Gasteiger charge is 2.26. The van der Waals surface area contributed by atoms with Gasteiger partial charge in [-0.2, -0.15) is 4.31 Å². The van der Waals surface area contributed by atoms with Gasteiger partial charge in [0.2, 0.25) is 10.0 Å². The molecule has 1 N–H and O–H groups in total. The van der Waals surface area contributed by atoms with E-state index < -0.39 is 10.0 Å². The van der Waals surface area contributed by atoms with E-state index in [1.165, 1.54) is 22.0 Å². The van der Waals surface area contributed by atoms with Gasteiger partial charge in [-0.3, -0.25) is 4.79 Å². The Morgan fingerprint density at radius 2 is 1.55 bits per heavy atom. The van der Waals surface area contributed by atoms with E-state index in [0.717, 1.165) is 5.56 Å². The Bertz CT molecular complexity index is 1010. The molecule has 7 nitrogen and oxygen atoms in total. The number of nitrogens with one attached hydrogen (secondary N) is 1. The Hall–Kier alpha value is -2.42. The van der Waals surface area contributed by atoms with Crippen molar-refractivity contribution in [1.29, 1.82) is 0 Å². The quantitative estimate of drug-likeness (QED) is 0.599. The highest BCUT2D eigenvalue weighted by Crippen LogP contribution is 2.24. The molecule has 0 radical (unpaired) electrons. The average Bonchev–Trinajstić information content (AvgIpc) is 2.82. The van der Waals surface area contributed by atoms with Crippen LogP contribution in [0.15, 0.2) is 53.4 Å². The monoisotopic (exact) mass is 474 g/mol. The van der Waals surface area contributed by atoms with Gasteiger partial charge in [-0.15, -0.1) is 0 Å². The van der Waals surface area contributed by atoms with Crippen molar-refractivity contribution in [1.82, 2.24) is 9.62 Å². The van der Waals surface area contributed by atoms with Gasteiger partial charge in [0.15, 0.2) is 6.61 Å². The van der Waals surface area contributed by atoms with Gasteiger partial charge in [-0.05, 0) is 47.2 Å². The third-order valence-corrected chi connectivity index (χ3v) is 7.66. The zero-order valence-corrected chi connectivity index (χ0v) is 20.6. The lowest BCUT2D eigenvalue weighted by Crippen LogP contribution is -2.40. The molecule has 1 aliphatic heterocycles. The van der Waals surface area contributed by atoms with Gasteiger partial charge in [-0.25, -0.2) is 8.42 Å². The van der Waals surface area contributed by atoms with Gasteiger partial charge in [0.25, 0.3) is 5.91 Å². The third kappa shape index (κ3) is 6.56. The maximum atomic E-state index is 12.7. The number of carbonyl (C=O) groups is 1. The number of morpholine rings is 1. The standard InChI is InChI=1S/C25H34N2O5S/c1-18(2)20-5-7-21(8-6-20)25(19(3)4)26-24(28)17-32-22-9-11-23(12-10-22)33(29,30)27-13-15-31-16-14-27/h5-12,18-19,25H,13-17H2,1-4H3,(H,26,28). The van der Waals surface area contributed by atoms with E-state index in [4.69, 9.17) is 9.47 Å². The van der Waals surface area contributed by atoms with Crippen LogP contribution in [0.3, 0.4) is 0 Å². The van der Waals surface area contributed by atoms with Gasteiger partial charge < -0.3 is 14.8 Å². The fourth-order valence-corrected chi connectivity index (χ4v) is 5.14. The molecule has 33 heavy (non-hydrogen) atoms. The lowest BCUT2D eigenvalue weighted by Gasteiger charge is -2.26. The van der Waals surface area contributed by atoms with Gasteiger partial charge >= 0.3 is 0 Å². The smallest absolute Gasteiger partial charge is 0.258 e. The lowest BCUT2D eigenvalue weighted by molar-refractivity contribution is -0.124. The molecule has 180 valence electrons. The number of nitrogens with zero attached hydrogens (tertiary/aromatic N) is 1. The largest absolute Gasteiger partial charge is 0.484 e. The van der Waals surface area contributed by atoms with Crippen LogP contribution in [0.1, 0.15) is 50.8 Å². The zero-order valence-electron chi connectivity index (χ0n) is 19.8. The first-order valence-electron chi connectivity index (χ1n) is 11.4. The van der Waals surface area contributed by atoms with E-state index in [9.17, 15) is 13.2 Å². The minimum absolute atomic E-state index is 0.122. The van der Waals surface area contributed by atoms with E-state index in [2.05, 4.69) is 57.3 Å². The summed E-state index contributed by atoms with van der Waals surface area (Å²) in [7, 11) is -3.56. The zero-order chi connectivity index (χ0) is 24.0. The summed E-state index contributed by atoms with van der Waals surface area (Å²) >= 11 is 0. The number of sulfonamides is 1. The number of hydrogen-bond donors (Lipinski definition) is 1. The molecule has 8 heteroatoms. The number of amides is 1. The number of benzene rings is 2. The first kappa shape index (κ1) is 25.2. The molecule has 1 aliphatic rings. The normalized spacial score (nSPS) is 16.1. The SMILES string of the molecule is CC(C)c1ccc(C(NC(=O)COc2ccc(S(=O)(=O)N3CCOCC3)cc2)C(C)C)cc1. The molecule has 0 aromatic heterocycles. The summed E-state index contributed by atoms with van der Waals surface area (Å²) in [6.45, 7) is 9.77. The number of ether oxygens (including phenoxy) is 2. The lowest BCUT2D eigenvalue weighted by atomic mass is 9.93. The Morgan fingerprint density at radius 3 is 2.09 bits per heavy atom. The predicted molar refractivity (Wildman–Crippen MR) is 128 cm³/mol. The second-order valence-corrected chi connectivity index (χ2v) is 10.8. The van der Waals surface area contributed by atoms with Crippen molar-refractivity contribution >= 4 is 15.9 Å². The van der Waals surface area contributed by atoms with Gasteiger partial charge in [-0.1, -0.05) is 52.0 Å². The van der Waals surface area contributed by atoms with Crippen LogP contribution in [0.5, 0.6) is 5.75 Å². The van der Waals surface area contributed by atoms with Crippen LogP contribution >= 0.6 is 0 Å². The van der Waals surface area contributed by atoms with Crippen molar-refractivity contribution in [2.75, 3.05) is 32.9 Å². The van der Waals surface area contributed by atoms with Crippen LogP contribution < -0.4 is 10.1 Å². The number of rotatable bonds is 9.